The predicted octanol–water partition coefficient (Wildman–Crippen LogP) is 3.83. The molecule has 40 heavy (non-hydrogen) atoms. The van der Waals surface area contributed by atoms with Crippen LogP contribution in [-0.2, 0) is 22.4 Å². The topological polar surface area (TPSA) is 158 Å². The van der Waals surface area contributed by atoms with Crippen LogP contribution >= 0.6 is 22.7 Å². The molecule has 1 unspecified atom stereocenters. The van der Waals surface area contributed by atoms with Crippen LogP contribution in [0.1, 0.15) is 44.1 Å². The Morgan fingerprint density at radius 3 is 2.85 bits per heavy atom. The van der Waals surface area contributed by atoms with E-state index in [-0.39, 0.29) is 29.7 Å². The molecule has 0 bridgehead atoms. The SMILES string of the molecule is CC(C)(C)OC(=O)N[C@H](CCO)C(=O)NCC1CCc2c(sc3ncnc(Nc4ccc5[nH]c(=O)sc5c4)c23)C1. The highest BCUT2D eigenvalue weighted by Crippen LogP contribution is 2.40. The number of ether oxygens (including phenoxy) is 1. The zero-order valence-electron chi connectivity index (χ0n) is 22.5. The normalized spacial score (nSPS) is 15.9. The minimum Gasteiger partial charge on any atom is -0.444 e. The van der Waals surface area contributed by atoms with Gasteiger partial charge in [0.1, 0.15) is 28.6 Å². The van der Waals surface area contributed by atoms with Crippen LogP contribution in [0.2, 0.25) is 0 Å². The minimum atomic E-state index is -0.876. The van der Waals surface area contributed by atoms with Crippen molar-refractivity contribution in [3.05, 3.63) is 44.6 Å². The number of aromatic amines is 1. The monoisotopic (exact) mass is 584 g/mol. The Hall–Kier alpha value is -3.55. The highest BCUT2D eigenvalue weighted by atomic mass is 32.1. The fourth-order valence-corrected chi connectivity index (χ4v) is 6.90. The second-order valence-electron chi connectivity index (χ2n) is 10.8. The first-order valence-electron chi connectivity index (χ1n) is 13.1. The molecule has 13 heteroatoms. The van der Waals surface area contributed by atoms with Gasteiger partial charge in [-0.2, -0.15) is 0 Å². The first kappa shape index (κ1) is 28.0. The van der Waals surface area contributed by atoms with E-state index in [1.165, 1.54) is 21.8 Å². The Labute approximate surface area is 238 Å². The van der Waals surface area contributed by atoms with E-state index in [1.54, 1.807) is 38.4 Å². The number of aliphatic hydroxyl groups is 1. The molecule has 2 amide bonds. The third kappa shape index (κ3) is 6.43. The molecule has 3 heterocycles. The number of thiophene rings is 1. The molecule has 1 aliphatic carbocycles. The number of fused-ring (bicyclic) bond motifs is 4. The van der Waals surface area contributed by atoms with Crippen molar-refractivity contribution in [2.24, 2.45) is 5.92 Å². The quantitative estimate of drug-likeness (QED) is 0.209. The standard InChI is InChI=1S/C27H32N6O5S2/c1-27(2,3)38-25(36)32-18(8-9-34)23(35)28-12-14-4-6-16-19(10-14)39-24-21(16)22(29-13-30-24)31-15-5-7-17-20(11-15)40-26(37)33-17/h5,7,11,13-14,18,34H,4,6,8-10,12H2,1-3H3,(H,28,35)(H,32,36)(H,33,37)(H,29,30,31)/t14?,18-/m1/s1. The largest absolute Gasteiger partial charge is 0.444 e. The van der Waals surface area contributed by atoms with Crippen LogP contribution in [0.4, 0.5) is 16.3 Å². The number of anilines is 2. The molecular weight excluding hydrogens is 552 g/mol. The second-order valence-corrected chi connectivity index (χ2v) is 12.9. The summed E-state index contributed by atoms with van der Waals surface area (Å²) >= 11 is 2.81. The van der Waals surface area contributed by atoms with Crippen molar-refractivity contribution in [2.75, 3.05) is 18.5 Å². The lowest BCUT2D eigenvalue weighted by atomic mass is 9.87. The van der Waals surface area contributed by atoms with Crippen molar-refractivity contribution in [3.63, 3.8) is 0 Å². The number of benzene rings is 1. The van der Waals surface area contributed by atoms with E-state index in [0.717, 1.165) is 51.2 Å². The van der Waals surface area contributed by atoms with E-state index in [9.17, 15) is 19.5 Å². The zero-order valence-corrected chi connectivity index (χ0v) is 24.1. The molecular formula is C27H32N6O5S2. The average Bonchev–Trinajstić information content (AvgIpc) is 3.45. The second kappa shape index (κ2) is 11.5. The first-order valence-corrected chi connectivity index (χ1v) is 14.8. The lowest BCUT2D eigenvalue weighted by Crippen LogP contribution is -2.49. The molecule has 11 nitrogen and oxygen atoms in total. The van der Waals surface area contributed by atoms with E-state index in [2.05, 4.69) is 30.9 Å². The van der Waals surface area contributed by atoms with Gasteiger partial charge < -0.3 is 30.8 Å². The molecule has 212 valence electrons. The Kier molecular flexibility index (Phi) is 8.06. The van der Waals surface area contributed by atoms with Crippen molar-refractivity contribution in [1.82, 2.24) is 25.6 Å². The van der Waals surface area contributed by atoms with Gasteiger partial charge in [-0.15, -0.1) is 11.3 Å². The van der Waals surface area contributed by atoms with Gasteiger partial charge in [0.25, 0.3) is 0 Å². The number of amides is 2. The van der Waals surface area contributed by atoms with Crippen molar-refractivity contribution < 1.29 is 19.4 Å². The molecule has 1 aliphatic rings. The third-order valence-corrected chi connectivity index (χ3v) is 8.63. The van der Waals surface area contributed by atoms with E-state index >= 15 is 0 Å². The average molecular weight is 585 g/mol. The summed E-state index contributed by atoms with van der Waals surface area (Å²) in [7, 11) is 0. The number of nitrogens with zero attached hydrogens (tertiary/aromatic N) is 2. The fraction of sp³-hybridized carbons (Fsp3) is 0.444. The molecule has 0 radical (unpaired) electrons. The highest BCUT2D eigenvalue weighted by Gasteiger charge is 2.28. The number of hydrogen-bond acceptors (Lipinski definition) is 10. The maximum atomic E-state index is 12.8. The number of thiazole rings is 1. The summed E-state index contributed by atoms with van der Waals surface area (Å²) in [4.78, 5) is 50.6. The lowest BCUT2D eigenvalue weighted by molar-refractivity contribution is -0.123. The summed E-state index contributed by atoms with van der Waals surface area (Å²) in [5.74, 6) is 0.615. The predicted molar refractivity (Wildman–Crippen MR) is 157 cm³/mol. The summed E-state index contributed by atoms with van der Waals surface area (Å²) in [5.41, 5.74) is 2.19. The lowest BCUT2D eigenvalue weighted by Gasteiger charge is -2.25. The third-order valence-electron chi connectivity index (χ3n) is 6.62. The van der Waals surface area contributed by atoms with E-state index in [0.29, 0.717) is 6.54 Å². The van der Waals surface area contributed by atoms with Crippen molar-refractivity contribution >= 4 is 66.6 Å². The number of aliphatic hydroxyl groups excluding tert-OH is 1. The molecule has 0 saturated heterocycles. The van der Waals surface area contributed by atoms with Gasteiger partial charge in [0.15, 0.2) is 0 Å². The van der Waals surface area contributed by atoms with Gasteiger partial charge in [0.2, 0.25) is 5.91 Å². The Bertz CT molecular complexity index is 1600. The Balaban J connectivity index is 1.25. The summed E-state index contributed by atoms with van der Waals surface area (Å²) in [6.07, 6.45) is 3.46. The number of aryl methyl sites for hydroxylation is 1. The number of carbonyl (C=O) groups excluding carboxylic acids is 2. The van der Waals surface area contributed by atoms with Gasteiger partial charge in [-0.25, -0.2) is 14.8 Å². The van der Waals surface area contributed by atoms with Crippen molar-refractivity contribution in [1.29, 1.82) is 0 Å². The fourth-order valence-electron chi connectivity index (χ4n) is 4.82. The van der Waals surface area contributed by atoms with Gasteiger partial charge in [0.05, 0.1) is 15.6 Å². The number of rotatable bonds is 8. The molecule has 1 aromatic carbocycles. The van der Waals surface area contributed by atoms with E-state index in [1.807, 2.05) is 18.2 Å². The summed E-state index contributed by atoms with van der Waals surface area (Å²) in [6, 6.07) is 4.85. The zero-order chi connectivity index (χ0) is 28.4. The molecule has 3 aromatic heterocycles. The summed E-state index contributed by atoms with van der Waals surface area (Å²) in [6.45, 7) is 5.46. The van der Waals surface area contributed by atoms with Gasteiger partial charge in [-0.3, -0.25) is 9.59 Å². The number of nitrogens with one attached hydrogen (secondary N) is 4. The summed E-state index contributed by atoms with van der Waals surface area (Å²) in [5, 5.41) is 19.3. The number of hydrogen-bond donors (Lipinski definition) is 5. The van der Waals surface area contributed by atoms with Crippen LogP contribution in [0.15, 0.2) is 29.3 Å². The van der Waals surface area contributed by atoms with Crippen molar-refractivity contribution in [2.45, 2.75) is 58.1 Å². The van der Waals surface area contributed by atoms with Crippen LogP contribution in [-0.4, -0.2) is 56.9 Å². The number of H-pyrrole nitrogens is 1. The molecule has 0 aliphatic heterocycles. The molecule has 5 N–H and O–H groups in total. The highest BCUT2D eigenvalue weighted by molar-refractivity contribution is 7.19. The van der Waals surface area contributed by atoms with Gasteiger partial charge >= 0.3 is 11.0 Å². The van der Waals surface area contributed by atoms with Crippen LogP contribution in [0, 0.1) is 5.92 Å². The number of carbonyl (C=O) groups is 2. The van der Waals surface area contributed by atoms with Crippen LogP contribution in [0.5, 0.6) is 0 Å². The maximum absolute atomic E-state index is 12.8. The van der Waals surface area contributed by atoms with Crippen LogP contribution in [0.3, 0.4) is 0 Å². The number of aromatic nitrogens is 3. The molecule has 0 fully saturated rings. The maximum Gasteiger partial charge on any atom is 0.408 e. The van der Waals surface area contributed by atoms with Crippen LogP contribution in [0.25, 0.3) is 20.4 Å². The molecule has 2 atom stereocenters. The van der Waals surface area contributed by atoms with Gasteiger partial charge in [0, 0.05) is 23.7 Å². The molecule has 5 rings (SSSR count). The summed E-state index contributed by atoms with van der Waals surface area (Å²) < 4.78 is 6.13. The van der Waals surface area contributed by atoms with Crippen LogP contribution < -0.4 is 20.8 Å². The minimum absolute atomic E-state index is 0.0857. The first-order chi connectivity index (χ1) is 19.1. The van der Waals surface area contributed by atoms with Crippen molar-refractivity contribution in [3.8, 4) is 0 Å². The Morgan fingerprint density at radius 1 is 1.25 bits per heavy atom. The number of alkyl carbamates (subject to hydrolysis) is 1. The molecule has 4 aromatic rings. The molecule has 0 saturated carbocycles. The molecule has 0 spiro atoms. The van der Waals surface area contributed by atoms with E-state index in [4.69, 9.17) is 4.74 Å². The van der Waals surface area contributed by atoms with E-state index < -0.39 is 17.7 Å². The van der Waals surface area contributed by atoms with Gasteiger partial charge in [-0.05, 0) is 76.1 Å². The smallest absolute Gasteiger partial charge is 0.408 e. The Morgan fingerprint density at radius 2 is 2.08 bits per heavy atom. The van der Waals surface area contributed by atoms with Gasteiger partial charge in [-0.1, -0.05) is 11.3 Å².